The number of hydrogen-bond acceptors (Lipinski definition) is 4. The number of amides is 2. The molecule has 0 aromatic heterocycles. The first kappa shape index (κ1) is 21.8. The number of carbonyl (C=O) groups is 2. The van der Waals surface area contributed by atoms with Gasteiger partial charge in [0.1, 0.15) is 5.82 Å². The Hall–Kier alpha value is -2.45. The number of halogens is 2. The fraction of sp³-hybridized carbons (Fsp3) is 0.364. The van der Waals surface area contributed by atoms with Crippen LogP contribution in [0.4, 0.5) is 10.1 Å². The van der Waals surface area contributed by atoms with Crippen LogP contribution in [0.3, 0.4) is 0 Å². The van der Waals surface area contributed by atoms with Gasteiger partial charge in [-0.15, -0.1) is 0 Å². The summed E-state index contributed by atoms with van der Waals surface area (Å²) in [6, 6.07) is 10.1. The van der Waals surface area contributed by atoms with Crippen LogP contribution in [-0.2, 0) is 14.6 Å². The van der Waals surface area contributed by atoms with Gasteiger partial charge >= 0.3 is 0 Å². The van der Waals surface area contributed by atoms with Gasteiger partial charge in [-0.25, -0.2) is 12.8 Å². The van der Waals surface area contributed by atoms with E-state index in [9.17, 15) is 22.4 Å². The molecule has 0 spiro atoms. The smallest absolute Gasteiger partial charge is 0.256 e. The van der Waals surface area contributed by atoms with E-state index in [1.807, 2.05) is 0 Å². The van der Waals surface area contributed by atoms with Crippen molar-refractivity contribution < 1.29 is 22.4 Å². The highest BCUT2D eigenvalue weighted by molar-refractivity contribution is 7.92. The Labute approximate surface area is 185 Å². The summed E-state index contributed by atoms with van der Waals surface area (Å²) in [7, 11) is -3.37. The van der Waals surface area contributed by atoms with Gasteiger partial charge in [-0.05, 0) is 69.5 Å². The van der Waals surface area contributed by atoms with Crippen molar-refractivity contribution in [2.45, 2.75) is 48.8 Å². The molecule has 5 rings (SSSR count). The van der Waals surface area contributed by atoms with E-state index in [0.29, 0.717) is 24.9 Å². The highest BCUT2D eigenvalue weighted by atomic mass is 35.5. The minimum Gasteiger partial charge on any atom is -0.346 e. The minimum atomic E-state index is -3.37. The van der Waals surface area contributed by atoms with Crippen molar-refractivity contribution in [1.82, 2.24) is 5.32 Å². The third-order valence-electron chi connectivity index (χ3n) is 6.14. The van der Waals surface area contributed by atoms with Crippen LogP contribution < -0.4 is 10.6 Å². The van der Waals surface area contributed by atoms with Gasteiger partial charge in [0.05, 0.1) is 26.1 Å². The predicted molar refractivity (Wildman–Crippen MR) is 115 cm³/mol. The Morgan fingerprint density at radius 3 is 2.23 bits per heavy atom. The second-order valence-corrected chi connectivity index (χ2v) is 11.6. The number of rotatable bonds is 6. The summed E-state index contributed by atoms with van der Waals surface area (Å²) >= 11 is 5.95. The van der Waals surface area contributed by atoms with Crippen LogP contribution in [0.2, 0.25) is 5.02 Å². The van der Waals surface area contributed by atoms with Gasteiger partial charge in [-0.2, -0.15) is 0 Å². The lowest BCUT2D eigenvalue weighted by molar-refractivity contribution is -0.172. The van der Waals surface area contributed by atoms with Crippen molar-refractivity contribution in [3.8, 4) is 0 Å². The maximum atomic E-state index is 14.0. The molecule has 2 bridgehead atoms. The van der Waals surface area contributed by atoms with Crippen LogP contribution in [0.5, 0.6) is 0 Å². The van der Waals surface area contributed by atoms with Crippen molar-refractivity contribution in [2.75, 3.05) is 5.32 Å². The average Bonchev–Trinajstić information content (AvgIpc) is 2.63. The zero-order valence-corrected chi connectivity index (χ0v) is 18.6. The van der Waals surface area contributed by atoms with E-state index in [-0.39, 0.29) is 21.4 Å². The molecule has 3 fully saturated rings. The maximum Gasteiger partial charge on any atom is 0.256 e. The van der Waals surface area contributed by atoms with E-state index in [1.165, 1.54) is 30.3 Å². The lowest BCUT2D eigenvalue weighted by Gasteiger charge is -2.69. The van der Waals surface area contributed by atoms with Gasteiger partial charge in [0.15, 0.2) is 9.84 Å². The fourth-order valence-corrected chi connectivity index (χ4v) is 5.75. The van der Waals surface area contributed by atoms with E-state index in [4.69, 9.17) is 11.6 Å². The number of hydrogen-bond donors (Lipinski definition) is 2. The predicted octanol–water partition coefficient (Wildman–Crippen LogP) is 3.95. The Bertz CT molecular complexity index is 1140. The van der Waals surface area contributed by atoms with E-state index in [1.54, 1.807) is 26.0 Å². The quantitative estimate of drug-likeness (QED) is 0.677. The summed E-state index contributed by atoms with van der Waals surface area (Å²) in [5.41, 5.74) is -0.776. The maximum absolute atomic E-state index is 14.0. The number of sulfone groups is 1. The first-order chi connectivity index (χ1) is 14.5. The van der Waals surface area contributed by atoms with Crippen molar-refractivity contribution in [3.05, 3.63) is 58.9 Å². The topological polar surface area (TPSA) is 92.3 Å². The Balaban J connectivity index is 1.36. The van der Waals surface area contributed by atoms with E-state index in [2.05, 4.69) is 10.6 Å². The highest BCUT2D eigenvalue weighted by Gasteiger charge is 2.72. The molecular weight excluding hydrogens is 443 g/mol. The molecule has 6 nitrogen and oxygen atoms in total. The summed E-state index contributed by atoms with van der Waals surface area (Å²) in [6.45, 7) is 3.23. The first-order valence-corrected chi connectivity index (χ1v) is 11.8. The zero-order valence-electron chi connectivity index (χ0n) is 17.0. The molecule has 2 N–H and O–H groups in total. The number of carbonyl (C=O) groups excluding carboxylic acids is 2. The Kier molecular flexibility index (Phi) is 5.13. The molecule has 0 heterocycles. The lowest BCUT2D eigenvalue weighted by Crippen LogP contribution is -2.77. The molecule has 2 aromatic carbocycles. The molecule has 0 saturated heterocycles. The largest absolute Gasteiger partial charge is 0.346 e. The molecule has 0 radical (unpaired) electrons. The summed E-state index contributed by atoms with van der Waals surface area (Å²) in [5.74, 6) is -1.45. The van der Waals surface area contributed by atoms with Gasteiger partial charge < -0.3 is 10.6 Å². The van der Waals surface area contributed by atoms with Crippen LogP contribution in [0, 0.1) is 11.2 Å². The molecule has 0 atom stereocenters. The van der Waals surface area contributed by atoms with Crippen molar-refractivity contribution in [1.29, 1.82) is 0 Å². The molecule has 3 aliphatic rings. The van der Waals surface area contributed by atoms with Crippen LogP contribution in [0.15, 0.2) is 47.4 Å². The molecule has 9 heteroatoms. The van der Waals surface area contributed by atoms with Crippen LogP contribution in [-0.4, -0.2) is 31.0 Å². The second-order valence-electron chi connectivity index (χ2n) is 8.71. The Morgan fingerprint density at radius 1 is 1.06 bits per heavy atom. The van der Waals surface area contributed by atoms with Crippen molar-refractivity contribution in [3.63, 3.8) is 0 Å². The van der Waals surface area contributed by atoms with Crippen LogP contribution in [0.25, 0.3) is 0 Å². The van der Waals surface area contributed by atoms with E-state index < -0.39 is 37.8 Å². The molecule has 3 aliphatic carbocycles. The highest BCUT2D eigenvalue weighted by Crippen LogP contribution is 2.67. The molecular formula is C22H22ClFN2O4S. The fourth-order valence-electron chi connectivity index (χ4n) is 4.44. The third kappa shape index (κ3) is 3.61. The number of nitrogens with one attached hydrogen (secondary N) is 2. The molecule has 0 unspecified atom stereocenters. The second kappa shape index (κ2) is 7.31. The number of anilines is 1. The Morgan fingerprint density at radius 2 is 1.68 bits per heavy atom. The normalized spacial score (nSPS) is 24.2. The summed E-state index contributed by atoms with van der Waals surface area (Å²) in [6.07, 6.45) is 1.39. The van der Waals surface area contributed by atoms with Gasteiger partial charge in [0.25, 0.3) is 5.91 Å². The van der Waals surface area contributed by atoms with Crippen LogP contribution >= 0.6 is 11.6 Å². The zero-order chi connectivity index (χ0) is 22.6. The molecule has 3 saturated carbocycles. The van der Waals surface area contributed by atoms with Crippen molar-refractivity contribution >= 4 is 38.9 Å². The van der Waals surface area contributed by atoms with E-state index >= 15 is 0 Å². The van der Waals surface area contributed by atoms with Crippen LogP contribution in [0.1, 0.15) is 43.5 Å². The average molecular weight is 465 g/mol. The van der Waals surface area contributed by atoms with E-state index in [0.717, 1.165) is 0 Å². The van der Waals surface area contributed by atoms with Gasteiger partial charge in [-0.1, -0.05) is 17.7 Å². The third-order valence-corrected chi connectivity index (χ3v) is 8.63. The standard InChI is InChI=1S/C22H22ClFN2O4S/c1-13(2)31(29,30)15-8-6-14(7-9-15)25-20(28)21-10-22(11-21,12-21)26-19(27)18-16(23)4-3-5-17(18)24/h3-9,13H,10-12H2,1-2H3,(H,25,28)(H,26,27). The molecule has 31 heavy (non-hydrogen) atoms. The summed E-state index contributed by atoms with van der Waals surface area (Å²) in [5, 5.41) is 5.16. The lowest BCUT2D eigenvalue weighted by atomic mass is 9.39. The van der Waals surface area contributed by atoms with Gasteiger partial charge in [0, 0.05) is 11.2 Å². The molecule has 2 aromatic rings. The molecule has 0 aliphatic heterocycles. The SMILES string of the molecule is CC(C)S(=O)(=O)c1ccc(NC(=O)C23CC(NC(=O)c4c(F)cccc4Cl)(C2)C3)cc1. The minimum absolute atomic E-state index is 0.0412. The summed E-state index contributed by atoms with van der Waals surface area (Å²) in [4.78, 5) is 25.4. The molecule has 2 amide bonds. The monoisotopic (exact) mass is 464 g/mol. The summed E-state index contributed by atoms with van der Waals surface area (Å²) < 4.78 is 38.4. The number of benzene rings is 2. The van der Waals surface area contributed by atoms with Gasteiger partial charge in [-0.3, -0.25) is 9.59 Å². The van der Waals surface area contributed by atoms with Crippen molar-refractivity contribution in [2.24, 2.45) is 5.41 Å². The molecule has 164 valence electrons. The first-order valence-electron chi connectivity index (χ1n) is 9.90. The van der Waals surface area contributed by atoms with Gasteiger partial charge in [0.2, 0.25) is 5.91 Å².